The Morgan fingerprint density at radius 3 is 0.901 bits per heavy atom. The van der Waals surface area contributed by atoms with Crippen molar-refractivity contribution in [2.24, 2.45) is 0 Å². The number of esters is 8. The minimum atomic E-state index is -0.502. The average Bonchev–Trinajstić information content (AvgIpc) is 0.834. The van der Waals surface area contributed by atoms with Gasteiger partial charge >= 0.3 is 47.8 Å². The minimum Gasteiger partial charge on any atom is -0.494 e. The van der Waals surface area contributed by atoms with Gasteiger partial charge in [0.25, 0.3) is 0 Å². The third-order valence-corrected chi connectivity index (χ3v) is 20.8. The second-order valence-corrected chi connectivity index (χ2v) is 32.0. The number of nitriles is 1. The van der Waals surface area contributed by atoms with Crippen LogP contribution < -0.4 is 52.1 Å². The van der Waals surface area contributed by atoms with Crippen molar-refractivity contribution in [3.8, 4) is 80.4 Å². The van der Waals surface area contributed by atoms with Crippen molar-refractivity contribution >= 4 is 47.8 Å². The largest absolute Gasteiger partial charge is 0.494 e. The summed E-state index contributed by atoms with van der Waals surface area (Å²) in [6.07, 6.45) is 28.0. The van der Waals surface area contributed by atoms with Crippen LogP contribution in [0.2, 0.25) is 0 Å². The molecular formula is C116H131NO25. The Morgan fingerprint density at radius 1 is 0.282 bits per heavy atom. The van der Waals surface area contributed by atoms with E-state index in [0.717, 1.165) is 124 Å². The molecule has 0 aliphatic rings. The average molecular weight is 1940 g/mol. The molecule has 0 aliphatic carbocycles. The van der Waals surface area contributed by atoms with E-state index < -0.39 is 29.8 Å². The van der Waals surface area contributed by atoms with Crippen LogP contribution >= 0.6 is 0 Å². The number of carbonyl (C=O) groups excluding carboxylic acids is 8. The highest BCUT2D eigenvalue weighted by atomic mass is 17.2. The van der Waals surface area contributed by atoms with E-state index in [9.17, 15) is 38.4 Å². The third kappa shape index (κ3) is 47.8. The molecule has 26 heteroatoms. The molecule has 10 rings (SSSR count). The molecule has 0 atom stereocenters. The van der Waals surface area contributed by atoms with E-state index in [4.69, 9.17) is 86.1 Å². The fourth-order valence-corrected chi connectivity index (χ4v) is 13.0. The van der Waals surface area contributed by atoms with E-state index in [-0.39, 0.29) is 31.3 Å². The Bertz CT molecular complexity index is 5460. The second kappa shape index (κ2) is 69.5. The molecule has 0 amide bonds. The number of aryl methyl sites for hydroxylation is 3. The summed E-state index contributed by atoms with van der Waals surface area (Å²) in [7, 11) is 0. The molecule has 26 nitrogen and oxygen atoms in total. The van der Waals surface area contributed by atoms with E-state index in [1.807, 2.05) is 73.7 Å². The highest BCUT2D eigenvalue weighted by molar-refractivity contribution is 5.93. The maximum atomic E-state index is 12.6. The van der Waals surface area contributed by atoms with Gasteiger partial charge in [0.05, 0.1) is 100.0 Å². The molecule has 0 radical (unpaired) electrons. The zero-order valence-corrected chi connectivity index (χ0v) is 81.6. The van der Waals surface area contributed by atoms with E-state index in [1.165, 1.54) is 61.8 Å². The molecule has 0 fully saturated rings. The first kappa shape index (κ1) is 114. The lowest BCUT2D eigenvalue weighted by Crippen LogP contribution is -2.10. The molecule has 750 valence electrons. The number of benzene rings is 10. The monoisotopic (exact) mass is 1940 g/mol. The first-order valence-corrected chi connectivity index (χ1v) is 48.0. The molecular weight excluding hydrogens is 1810 g/mol. The Kier molecular flexibility index (Phi) is 55.6. The summed E-state index contributed by atoms with van der Waals surface area (Å²) >= 11 is 0. The van der Waals surface area contributed by atoms with E-state index in [1.54, 1.807) is 158 Å². The van der Waals surface area contributed by atoms with Crippen molar-refractivity contribution in [3.63, 3.8) is 0 Å². The molecule has 0 bridgehead atoms. The van der Waals surface area contributed by atoms with Crippen molar-refractivity contribution in [1.29, 1.82) is 5.26 Å². The molecule has 0 aliphatic heterocycles. The lowest BCUT2D eigenvalue weighted by atomic mass is 10.0. The first-order valence-electron chi connectivity index (χ1n) is 48.0. The first-order chi connectivity index (χ1) is 69.3. The molecule has 10 aromatic carbocycles. The van der Waals surface area contributed by atoms with Crippen LogP contribution in [0.4, 0.5) is 0 Å². The number of nitrogens with zero attached hydrogens (tertiary/aromatic N) is 1. The van der Waals surface area contributed by atoms with Crippen LogP contribution in [0.15, 0.2) is 300 Å². The smallest absolute Gasteiger partial charge is 0.343 e. The van der Waals surface area contributed by atoms with Gasteiger partial charge < -0.3 is 71.1 Å². The SMILES string of the molecule is C=CC(=O)OCCCCCCOc1ccc(C(=O)Oc2ccc(-c3ccc(CCCCC)cc3)cc2)cc1.C=CC(=O)OCCCCCCOc1ccc(C(=O)Oc2ccc(C#N)cc2)cc1.C=CC(=O)OCCCCCCOc1ccc(C(=O)Oc2ccc(CCCCC)cc2)cc1.C=CCOOCCCOc1ccc(OCOc2ccc(OC(=O)c3ccc(OCCCOC(=O)C=C)cc3)cc2C)cc1. The molecule has 0 spiro atoms. The highest BCUT2D eigenvalue weighted by Crippen LogP contribution is 2.30. The molecule has 142 heavy (non-hydrogen) atoms. The Balaban J connectivity index is 0.000000260. The van der Waals surface area contributed by atoms with Crippen LogP contribution in [0.5, 0.6) is 63.2 Å². The van der Waals surface area contributed by atoms with Crippen molar-refractivity contribution in [3.05, 3.63) is 344 Å². The van der Waals surface area contributed by atoms with Gasteiger partial charge in [0.1, 0.15) is 69.9 Å². The number of hydrogen-bond acceptors (Lipinski definition) is 26. The van der Waals surface area contributed by atoms with E-state index in [0.29, 0.717) is 164 Å². The van der Waals surface area contributed by atoms with Crippen LogP contribution in [0.1, 0.15) is 206 Å². The number of ether oxygens (including phenoxy) is 15. The molecule has 0 saturated carbocycles. The normalized spacial score (nSPS) is 10.3. The van der Waals surface area contributed by atoms with Crippen LogP contribution in [0.25, 0.3) is 11.1 Å². The third-order valence-electron chi connectivity index (χ3n) is 20.8. The number of rotatable bonds is 62. The number of hydrogen-bond donors (Lipinski definition) is 0. The zero-order chi connectivity index (χ0) is 102. The second-order valence-electron chi connectivity index (χ2n) is 32.0. The Hall–Kier alpha value is -15.3. The summed E-state index contributed by atoms with van der Waals surface area (Å²) in [5.41, 5.74) is 7.87. The fraction of sp³-hybridized carbons (Fsp3) is 0.319. The molecule has 10 aromatic rings. The van der Waals surface area contributed by atoms with Gasteiger partial charge in [-0.1, -0.05) is 120 Å². The van der Waals surface area contributed by atoms with Crippen molar-refractivity contribution in [1.82, 2.24) is 0 Å². The van der Waals surface area contributed by atoms with Gasteiger partial charge in [-0.15, -0.1) is 6.58 Å². The summed E-state index contributed by atoms with van der Waals surface area (Å²) in [4.78, 5) is 103. The van der Waals surface area contributed by atoms with Gasteiger partial charge in [-0.2, -0.15) is 5.26 Å². The van der Waals surface area contributed by atoms with Gasteiger partial charge in [0, 0.05) is 37.1 Å². The molecule has 0 N–H and O–H groups in total. The number of carbonyl (C=O) groups is 8. The molecule has 0 heterocycles. The van der Waals surface area contributed by atoms with Crippen LogP contribution in [-0.2, 0) is 60.7 Å². The molecule has 0 aromatic heterocycles. The number of unbranched alkanes of at least 4 members (excludes halogenated alkanes) is 13. The van der Waals surface area contributed by atoms with Gasteiger partial charge in [0.15, 0.2) is 0 Å². The zero-order valence-electron chi connectivity index (χ0n) is 81.6. The summed E-state index contributed by atoms with van der Waals surface area (Å²) in [5.74, 6) is 3.08. The minimum absolute atomic E-state index is 0.00336. The Morgan fingerprint density at radius 2 is 0.563 bits per heavy atom. The standard InChI is InChI=1S/C33H36O10.C33H38O5.C27H34O5.C23H23NO5/c1-4-18-41-42-22-7-20-37-28-12-14-29(15-13-28)39-24-40-31-17-16-30(23-25(31)3)43-33(35)26-8-10-27(11-9-26)36-19-6-21-38-32(34)5-2;1-3-5-8-11-26-12-14-27(15-13-26)28-16-22-31(23-17-28)38-33(35)29-18-20-30(21-19-29)36-24-9-6-7-10-25-37-32(34)4-2;1-3-5-8-11-22-12-16-25(17-13-22)32-27(29)23-14-18-24(19-15-23)30-20-9-6-7-10-21-31-26(28)4-2;1-2-22(25)28-16-6-4-3-5-15-27-20-13-9-19(10-14-20)23(26)29-21-11-7-18(17-24)8-12-21/h4-5,8-17,23H,1-2,6-7,18-22,24H2,3H3;4,12-23H,2-3,5-11,24-25H2,1H3;4,12-19H,2-3,5-11,20-21H2,1H3;2,7-14H,1,3-6,15-16H2. The van der Waals surface area contributed by atoms with Crippen LogP contribution in [0, 0.1) is 18.3 Å². The van der Waals surface area contributed by atoms with Crippen LogP contribution in [-0.4, -0.2) is 127 Å². The topological polar surface area (TPSA) is 317 Å². The van der Waals surface area contributed by atoms with Gasteiger partial charge in [0.2, 0.25) is 6.79 Å². The lowest BCUT2D eigenvalue weighted by molar-refractivity contribution is -0.287. The van der Waals surface area contributed by atoms with E-state index in [2.05, 4.69) is 71.0 Å². The van der Waals surface area contributed by atoms with Crippen LogP contribution in [0.3, 0.4) is 0 Å². The fourth-order valence-electron chi connectivity index (χ4n) is 13.0. The lowest BCUT2D eigenvalue weighted by Gasteiger charge is -2.12. The van der Waals surface area contributed by atoms with Crippen molar-refractivity contribution < 1.29 is 119 Å². The highest BCUT2D eigenvalue weighted by Gasteiger charge is 2.17. The maximum absolute atomic E-state index is 12.6. The van der Waals surface area contributed by atoms with Gasteiger partial charge in [-0.3, -0.25) is 0 Å². The summed E-state index contributed by atoms with van der Waals surface area (Å²) in [5, 5.41) is 8.78. The molecule has 0 unspecified atom stereocenters. The van der Waals surface area contributed by atoms with Gasteiger partial charge in [-0.05, 0) is 326 Å². The Labute approximate surface area is 833 Å². The quantitative estimate of drug-likeness (QED) is 0.00393. The van der Waals surface area contributed by atoms with Crippen molar-refractivity contribution in [2.45, 2.75) is 162 Å². The summed E-state index contributed by atoms with van der Waals surface area (Å²) in [6.45, 7) is 28.1. The van der Waals surface area contributed by atoms with Crippen molar-refractivity contribution in [2.75, 3.05) is 79.5 Å². The predicted octanol–water partition coefficient (Wildman–Crippen LogP) is 24.8. The molecule has 0 saturated heterocycles. The van der Waals surface area contributed by atoms with Gasteiger partial charge in [-0.25, -0.2) is 48.1 Å². The van der Waals surface area contributed by atoms with E-state index >= 15 is 0 Å². The maximum Gasteiger partial charge on any atom is 0.343 e. The summed E-state index contributed by atoms with van der Waals surface area (Å²) in [6, 6.07) is 71.9. The summed E-state index contributed by atoms with van der Waals surface area (Å²) < 4.78 is 81.3. The predicted molar refractivity (Wildman–Crippen MR) is 544 cm³/mol.